The minimum atomic E-state index is 0.599. The molecule has 0 amide bonds. The van der Waals surface area contributed by atoms with E-state index in [4.69, 9.17) is 19.4 Å². The molecule has 43 heavy (non-hydrogen) atoms. The third-order valence-corrected chi connectivity index (χ3v) is 7.76. The van der Waals surface area contributed by atoms with Gasteiger partial charge in [-0.2, -0.15) is 0 Å². The molecule has 0 fully saturated rings. The van der Waals surface area contributed by atoms with Gasteiger partial charge in [0.1, 0.15) is 11.2 Å². The zero-order valence-electron chi connectivity index (χ0n) is 23.2. The quantitative estimate of drug-likeness (QED) is 0.214. The van der Waals surface area contributed by atoms with Gasteiger partial charge < -0.3 is 4.42 Å². The number of rotatable bonds is 5. The number of nitrogens with zero attached hydrogens (tertiary/aromatic N) is 3. The Morgan fingerprint density at radius 3 is 1.49 bits per heavy atom. The Kier molecular flexibility index (Phi) is 6.08. The highest BCUT2D eigenvalue weighted by Gasteiger charge is 2.16. The summed E-state index contributed by atoms with van der Waals surface area (Å²) in [4.78, 5) is 14.8. The predicted molar refractivity (Wildman–Crippen MR) is 174 cm³/mol. The van der Waals surface area contributed by atoms with Gasteiger partial charge in [-0.15, -0.1) is 0 Å². The molecule has 0 unspecified atom stereocenters. The van der Waals surface area contributed by atoms with Crippen molar-refractivity contribution in [2.45, 2.75) is 0 Å². The van der Waals surface area contributed by atoms with Gasteiger partial charge in [0, 0.05) is 33.0 Å². The summed E-state index contributed by atoms with van der Waals surface area (Å²) in [5.74, 6) is 1.85. The lowest BCUT2D eigenvalue weighted by molar-refractivity contribution is 0.670. The minimum absolute atomic E-state index is 0.599. The average molecular weight is 552 g/mol. The lowest BCUT2D eigenvalue weighted by Gasteiger charge is -2.09. The number of benzene rings is 6. The topological polar surface area (TPSA) is 51.8 Å². The van der Waals surface area contributed by atoms with Gasteiger partial charge in [-0.1, -0.05) is 140 Å². The number of fused-ring (bicyclic) bond motifs is 3. The summed E-state index contributed by atoms with van der Waals surface area (Å²) < 4.78 is 6.51. The van der Waals surface area contributed by atoms with Gasteiger partial charge in [0.05, 0.1) is 0 Å². The third kappa shape index (κ3) is 4.65. The molecule has 2 aromatic heterocycles. The van der Waals surface area contributed by atoms with Crippen LogP contribution in [-0.4, -0.2) is 15.0 Å². The molecule has 0 atom stereocenters. The summed E-state index contributed by atoms with van der Waals surface area (Å²) in [5, 5.41) is 2.15. The predicted octanol–water partition coefficient (Wildman–Crippen LogP) is 10.1. The molecule has 0 bridgehead atoms. The van der Waals surface area contributed by atoms with E-state index in [2.05, 4.69) is 91.0 Å². The third-order valence-electron chi connectivity index (χ3n) is 7.76. The van der Waals surface area contributed by atoms with E-state index in [1.54, 1.807) is 0 Å². The lowest BCUT2D eigenvalue weighted by atomic mass is 10.0. The standard InChI is InChI=1S/C39H25N3O/c1-4-11-26(12-5-1)27-19-21-30(22-20-27)38-40-37(29-15-8-3-9-16-29)41-39(42-38)31-23-24-33-34-18-10-17-32(28-13-6-2-7-14-28)36(34)43-35(33)25-31/h1-25H. The van der Waals surface area contributed by atoms with Crippen molar-refractivity contribution >= 4 is 21.9 Å². The van der Waals surface area contributed by atoms with Crippen molar-refractivity contribution in [2.75, 3.05) is 0 Å². The maximum Gasteiger partial charge on any atom is 0.164 e. The fourth-order valence-corrected chi connectivity index (χ4v) is 5.58. The summed E-state index contributed by atoms with van der Waals surface area (Å²) in [7, 11) is 0. The number of hydrogen-bond acceptors (Lipinski definition) is 4. The van der Waals surface area contributed by atoms with Crippen molar-refractivity contribution in [2.24, 2.45) is 0 Å². The first-order valence-electron chi connectivity index (χ1n) is 14.3. The number of aromatic nitrogens is 3. The first-order valence-corrected chi connectivity index (χ1v) is 14.3. The van der Waals surface area contributed by atoms with Gasteiger partial charge in [0.15, 0.2) is 17.5 Å². The van der Waals surface area contributed by atoms with Crippen LogP contribution in [0.5, 0.6) is 0 Å². The van der Waals surface area contributed by atoms with E-state index >= 15 is 0 Å². The smallest absolute Gasteiger partial charge is 0.164 e. The molecule has 8 aromatic rings. The zero-order valence-corrected chi connectivity index (χ0v) is 23.2. The minimum Gasteiger partial charge on any atom is -0.455 e. The maximum absolute atomic E-state index is 6.51. The maximum atomic E-state index is 6.51. The summed E-state index contributed by atoms with van der Waals surface area (Å²) >= 11 is 0. The highest BCUT2D eigenvalue weighted by Crippen LogP contribution is 2.37. The van der Waals surface area contributed by atoms with Crippen molar-refractivity contribution in [1.82, 2.24) is 15.0 Å². The second-order valence-electron chi connectivity index (χ2n) is 10.5. The SMILES string of the molecule is c1ccc(-c2ccc(-c3nc(-c4ccccc4)nc(-c4ccc5c(c4)oc4c(-c6ccccc6)cccc45)n3)cc2)cc1. The second-order valence-corrected chi connectivity index (χ2v) is 10.5. The van der Waals surface area contributed by atoms with Crippen LogP contribution in [0.4, 0.5) is 0 Å². The second kappa shape index (κ2) is 10.5. The van der Waals surface area contributed by atoms with Crippen LogP contribution in [0.1, 0.15) is 0 Å². The summed E-state index contributed by atoms with van der Waals surface area (Å²) in [6, 6.07) is 51.6. The van der Waals surface area contributed by atoms with Gasteiger partial charge in [-0.25, -0.2) is 15.0 Å². The van der Waals surface area contributed by atoms with E-state index in [-0.39, 0.29) is 0 Å². The lowest BCUT2D eigenvalue weighted by Crippen LogP contribution is -2.00. The van der Waals surface area contributed by atoms with Gasteiger partial charge in [0.25, 0.3) is 0 Å². The van der Waals surface area contributed by atoms with Gasteiger partial charge in [-0.05, 0) is 28.8 Å². The normalized spacial score (nSPS) is 11.3. The van der Waals surface area contributed by atoms with Crippen LogP contribution < -0.4 is 0 Å². The summed E-state index contributed by atoms with van der Waals surface area (Å²) in [6.07, 6.45) is 0. The zero-order chi connectivity index (χ0) is 28.6. The Labute approximate surface area is 249 Å². The van der Waals surface area contributed by atoms with Crippen LogP contribution in [0.25, 0.3) is 78.4 Å². The van der Waals surface area contributed by atoms with Crippen molar-refractivity contribution in [3.8, 4) is 56.4 Å². The van der Waals surface area contributed by atoms with Crippen LogP contribution in [0.3, 0.4) is 0 Å². The van der Waals surface area contributed by atoms with Gasteiger partial charge in [-0.3, -0.25) is 0 Å². The molecule has 4 heteroatoms. The number of furan rings is 1. The Morgan fingerprint density at radius 2 is 0.837 bits per heavy atom. The fraction of sp³-hybridized carbons (Fsp3) is 0. The highest BCUT2D eigenvalue weighted by molar-refractivity contribution is 6.10. The molecule has 0 aliphatic rings. The molecule has 0 aliphatic carbocycles. The van der Waals surface area contributed by atoms with Crippen LogP contribution in [0.2, 0.25) is 0 Å². The molecule has 0 N–H and O–H groups in total. The van der Waals surface area contributed by atoms with Crippen LogP contribution in [0, 0.1) is 0 Å². The largest absolute Gasteiger partial charge is 0.455 e. The molecule has 8 rings (SSSR count). The molecule has 0 saturated carbocycles. The van der Waals surface area contributed by atoms with E-state index in [9.17, 15) is 0 Å². The molecule has 2 heterocycles. The van der Waals surface area contributed by atoms with Crippen LogP contribution >= 0.6 is 0 Å². The Morgan fingerprint density at radius 1 is 0.349 bits per heavy atom. The first kappa shape index (κ1) is 24.9. The van der Waals surface area contributed by atoms with Crippen LogP contribution in [0.15, 0.2) is 156 Å². The molecule has 0 spiro atoms. The Balaban J connectivity index is 1.25. The monoisotopic (exact) mass is 551 g/mol. The van der Waals surface area contributed by atoms with Gasteiger partial charge >= 0.3 is 0 Å². The molecule has 202 valence electrons. The van der Waals surface area contributed by atoms with E-state index in [1.165, 1.54) is 5.56 Å². The van der Waals surface area contributed by atoms with Crippen molar-refractivity contribution < 1.29 is 4.42 Å². The van der Waals surface area contributed by atoms with E-state index in [0.29, 0.717) is 17.5 Å². The van der Waals surface area contributed by atoms with E-state index < -0.39 is 0 Å². The molecule has 0 radical (unpaired) electrons. The summed E-state index contributed by atoms with van der Waals surface area (Å²) in [5.41, 5.74) is 8.92. The van der Waals surface area contributed by atoms with Gasteiger partial charge in [0.2, 0.25) is 0 Å². The van der Waals surface area contributed by atoms with Crippen LogP contribution in [-0.2, 0) is 0 Å². The fourth-order valence-electron chi connectivity index (χ4n) is 5.58. The number of hydrogen-bond donors (Lipinski definition) is 0. The Hall–Kier alpha value is -5.87. The van der Waals surface area contributed by atoms with E-state index in [0.717, 1.165) is 55.3 Å². The molecule has 4 nitrogen and oxygen atoms in total. The molecular formula is C39H25N3O. The molecular weight excluding hydrogens is 526 g/mol. The Bertz CT molecular complexity index is 2210. The summed E-state index contributed by atoms with van der Waals surface area (Å²) in [6.45, 7) is 0. The molecule has 6 aromatic carbocycles. The van der Waals surface area contributed by atoms with Crippen molar-refractivity contribution in [3.05, 3.63) is 152 Å². The van der Waals surface area contributed by atoms with Crippen molar-refractivity contribution in [3.63, 3.8) is 0 Å². The molecule has 0 saturated heterocycles. The first-order chi connectivity index (χ1) is 21.3. The average Bonchev–Trinajstić information content (AvgIpc) is 3.47. The van der Waals surface area contributed by atoms with Crippen molar-refractivity contribution in [1.29, 1.82) is 0 Å². The highest BCUT2D eigenvalue weighted by atomic mass is 16.3. The number of para-hydroxylation sites is 1. The molecule has 0 aliphatic heterocycles. The van der Waals surface area contributed by atoms with E-state index in [1.807, 2.05) is 60.7 Å².